The fraction of sp³-hybridized carbons (Fsp3) is 0.476. The van der Waals surface area contributed by atoms with E-state index in [4.69, 9.17) is 19.7 Å². The Hall–Kier alpha value is -2.52. The summed E-state index contributed by atoms with van der Waals surface area (Å²) in [5.74, 6) is 3.15. The largest absolute Gasteiger partial charge is 0.377 e. The second-order valence-electron chi connectivity index (χ2n) is 8.34. The third kappa shape index (κ3) is 3.79. The van der Waals surface area contributed by atoms with Gasteiger partial charge >= 0.3 is 0 Å². The molecule has 0 N–H and O–H groups in total. The molecule has 3 aromatic rings. The highest BCUT2D eigenvalue weighted by Gasteiger charge is 2.31. The number of para-hydroxylation sites is 2. The van der Waals surface area contributed by atoms with Gasteiger partial charge in [0.1, 0.15) is 11.6 Å². The molecule has 1 atom stereocenters. The normalized spacial score (nSPS) is 20.0. The Morgan fingerprint density at radius 2 is 1.97 bits per heavy atom. The average molecular weight is 427 g/mol. The Labute approximate surface area is 176 Å². The molecule has 0 bridgehead atoms. The van der Waals surface area contributed by atoms with Gasteiger partial charge in [0.15, 0.2) is 5.82 Å². The number of morpholine rings is 1. The number of ether oxygens (including phenoxy) is 1. The van der Waals surface area contributed by atoms with Crippen LogP contribution in [0.15, 0.2) is 34.7 Å². The van der Waals surface area contributed by atoms with Gasteiger partial charge in [0, 0.05) is 40.8 Å². The van der Waals surface area contributed by atoms with Crippen molar-refractivity contribution in [2.75, 3.05) is 37.2 Å². The topological polar surface area (TPSA) is 85.5 Å². The molecule has 1 saturated heterocycles. The lowest BCUT2D eigenvalue weighted by Crippen LogP contribution is -2.44. The molecule has 1 aliphatic carbocycles. The van der Waals surface area contributed by atoms with Gasteiger partial charge < -0.3 is 9.64 Å². The molecule has 0 radical (unpaired) electrons. The number of anilines is 1. The molecular weight excluding hydrogens is 400 g/mol. The summed E-state index contributed by atoms with van der Waals surface area (Å²) >= 11 is 0. The molecule has 2 fully saturated rings. The Morgan fingerprint density at radius 3 is 2.70 bits per heavy atom. The standard InChI is InChI=1S/C21H26N6O2S/c1-14-13-29-11-10-26(14)19-12-18(25-30(2,3)28)23-21(24-19)27-17-7-5-4-6-16(17)22-20(27)15-8-9-15/h4-7,12,14-15H,8-11,13H2,1-3H3/t14-/m1/s1. The van der Waals surface area contributed by atoms with Gasteiger partial charge in [0.25, 0.3) is 0 Å². The predicted molar refractivity (Wildman–Crippen MR) is 118 cm³/mol. The lowest BCUT2D eigenvalue weighted by Gasteiger charge is -2.34. The molecule has 30 heavy (non-hydrogen) atoms. The van der Waals surface area contributed by atoms with Crippen molar-refractivity contribution < 1.29 is 8.95 Å². The van der Waals surface area contributed by atoms with E-state index in [0.717, 1.165) is 42.1 Å². The summed E-state index contributed by atoms with van der Waals surface area (Å²) in [6.45, 7) is 4.15. The molecule has 8 nitrogen and oxygen atoms in total. The van der Waals surface area contributed by atoms with Gasteiger partial charge in [-0.15, -0.1) is 0 Å². The summed E-state index contributed by atoms with van der Waals surface area (Å²) < 4.78 is 24.5. The summed E-state index contributed by atoms with van der Waals surface area (Å²) in [4.78, 5) is 16.7. The van der Waals surface area contributed by atoms with Crippen LogP contribution in [0.25, 0.3) is 17.0 Å². The summed E-state index contributed by atoms with van der Waals surface area (Å²) in [5.41, 5.74) is 1.91. The number of aromatic nitrogens is 4. The van der Waals surface area contributed by atoms with E-state index in [1.54, 1.807) is 12.5 Å². The molecule has 9 heteroatoms. The minimum Gasteiger partial charge on any atom is -0.377 e. The van der Waals surface area contributed by atoms with Crippen molar-refractivity contribution in [1.82, 2.24) is 19.5 Å². The van der Waals surface area contributed by atoms with Crippen LogP contribution >= 0.6 is 0 Å². The molecule has 2 aliphatic rings. The van der Waals surface area contributed by atoms with Gasteiger partial charge in [-0.05, 0) is 31.9 Å². The van der Waals surface area contributed by atoms with E-state index in [1.165, 1.54) is 0 Å². The van der Waals surface area contributed by atoms with Gasteiger partial charge in [0.05, 0.1) is 30.3 Å². The van der Waals surface area contributed by atoms with E-state index in [2.05, 4.69) is 16.2 Å². The number of hydrogen-bond acceptors (Lipinski definition) is 7. The zero-order valence-electron chi connectivity index (χ0n) is 17.5. The summed E-state index contributed by atoms with van der Waals surface area (Å²) in [7, 11) is -2.36. The van der Waals surface area contributed by atoms with Crippen molar-refractivity contribution in [3.05, 3.63) is 36.2 Å². The van der Waals surface area contributed by atoms with Crippen LogP contribution in [-0.4, -0.2) is 62.0 Å². The predicted octanol–water partition coefficient (Wildman–Crippen LogP) is 3.28. The highest BCUT2D eigenvalue weighted by Crippen LogP contribution is 2.41. The Morgan fingerprint density at radius 1 is 1.17 bits per heavy atom. The van der Waals surface area contributed by atoms with E-state index in [-0.39, 0.29) is 6.04 Å². The average Bonchev–Trinajstić information content (AvgIpc) is 3.46. The Bertz CT molecular complexity index is 1220. The van der Waals surface area contributed by atoms with Gasteiger partial charge in [-0.25, -0.2) is 9.19 Å². The first-order chi connectivity index (χ1) is 14.4. The maximum atomic E-state index is 12.4. The minimum atomic E-state index is -2.36. The van der Waals surface area contributed by atoms with Crippen molar-refractivity contribution in [2.24, 2.45) is 4.36 Å². The van der Waals surface area contributed by atoms with Crippen LogP contribution in [-0.2, 0) is 14.5 Å². The zero-order valence-corrected chi connectivity index (χ0v) is 18.3. The monoisotopic (exact) mass is 426 g/mol. The molecule has 0 amide bonds. The number of rotatable bonds is 4. The van der Waals surface area contributed by atoms with E-state index in [0.29, 0.717) is 30.9 Å². The smallest absolute Gasteiger partial charge is 0.239 e. The lowest BCUT2D eigenvalue weighted by atomic mass is 10.2. The quantitative estimate of drug-likeness (QED) is 0.636. The number of nitrogens with zero attached hydrogens (tertiary/aromatic N) is 6. The van der Waals surface area contributed by atoms with E-state index in [9.17, 15) is 4.21 Å². The van der Waals surface area contributed by atoms with Crippen LogP contribution in [0.4, 0.5) is 11.6 Å². The SMILES string of the molecule is C[C@@H]1COCCN1c1cc(N=S(C)(C)=O)nc(-n2c(C3CC3)nc3ccccc32)n1. The van der Waals surface area contributed by atoms with Crippen LogP contribution < -0.4 is 4.90 Å². The van der Waals surface area contributed by atoms with E-state index >= 15 is 0 Å². The molecule has 5 rings (SSSR count). The van der Waals surface area contributed by atoms with Crippen LogP contribution in [0.5, 0.6) is 0 Å². The maximum absolute atomic E-state index is 12.4. The number of imidazole rings is 1. The van der Waals surface area contributed by atoms with Crippen LogP contribution in [0, 0.1) is 0 Å². The van der Waals surface area contributed by atoms with Crippen molar-refractivity contribution in [3.8, 4) is 5.95 Å². The molecular formula is C21H26N6O2S. The number of benzene rings is 1. The lowest BCUT2D eigenvalue weighted by molar-refractivity contribution is 0.0985. The molecule has 3 heterocycles. The van der Waals surface area contributed by atoms with Crippen molar-refractivity contribution in [3.63, 3.8) is 0 Å². The van der Waals surface area contributed by atoms with Crippen molar-refractivity contribution in [2.45, 2.75) is 31.7 Å². The van der Waals surface area contributed by atoms with Gasteiger partial charge in [0.2, 0.25) is 5.95 Å². The molecule has 0 spiro atoms. The van der Waals surface area contributed by atoms with E-state index in [1.807, 2.05) is 34.9 Å². The number of fused-ring (bicyclic) bond motifs is 1. The third-order valence-corrected chi connectivity index (χ3v) is 6.02. The second kappa shape index (κ2) is 7.31. The molecule has 2 aromatic heterocycles. The van der Waals surface area contributed by atoms with Crippen LogP contribution in [0.2, 0.25) is 0 Å². The van der Waals surface area contributed by atoms with Gasteiger partial charge in [-0.3, -0.25) is 4.57 Å². The van der Waals surface area contributed by atoms with Crippen LogP contribution in [0.1, 0.15) is 31.5 Å². The summed E-state index contributed by atoms with van der Waals surface area (Å²) in [6.07, 6.45) is 5.49. The highest BCUT2D eigenvalue weighted by molar-refractivity contribution is 7.92. The first-order valence-electron chi connectivity index (χ1n) is 10.3. The Kier molecular flexibility index (Phi) is 4.74. The molecule has 158 valence electrons. The fourth-order valence-electron chi connectivity index (χ4n) is 3.87. The summed E-state index contributed by atoms with van der Waals surface area (Å²) in [6, 6.07) is 10.1. The highest BCUT2D eigenvalue weighted by atomic mass is 32.2. The molecule has 1 aliphatic heterocycles. The minimum absolute atomic E-state index is 0.185. The van der Waals surface area contributed by atoms with Gasteiger partial charge in [-0.2, -0.15) is 14.3 Å². The zero-order chi connectivity index (χ0) is 20.9. The third-order valence-electron chi connectivity index (χ3n) is 5.39. The fourth-order valence-corrected chi connectivity index (χ4v) is 4.41. The number of hydrogen-bond donors (Lipinski definition) is 0. The molecule has 1 aromatic carbocycles. The van der Waals surface area contributed by atoms with Crippen molar-refractivity contribution >= 4 is 32.4 Å². The maximum Gasteiger partial charge on any atom is 0.239 e. The first-order valence-corrected chi connectivity index (χ1v) is 12.6. The van der Waals surface area contributed by atoms with Gasteiger partial charge in [-0.1, -0.05) is 12.1 Å². The summed E-state index contributed by atoms with van der Waals surface area (Å²) in [5, 5.41) is 0. The Balaban J connectivity index is 1.73. The molecule has 1 saturated carbocycles. The molecule has 0 unspecified atom stereocenters. The van der Waals surface area contributed by atoms with Crippen LogP contribution in [0.3, 0.4) is 0 Å². The second-order valence-corrected chi connectivity index (χ2v) is 10.9. The first kappa shape index (κ1) is 19.4. The van der Waals surface area contributed by atoms with E-state index < -0.39 is 9.73 Å². The van der Waals surface area contributed by atoms with Crippen molar-refractivity contribution in [1.29, 1.82) is 0 Å².